The van der Waals surface area contributed by atoms with Crippen molar-refractivity contribution in [1.82, 2.24) is 5.32 Å². The van der Waals surface area contributed by atoms with E-state index in [9.17, 15) is 4.57 Å². The molecule has 0 aromatic carbocycles. The second-order valence-electron chi connectivity index (χ2n) is 3.43. The van der Waals surface area contributed by atoms with E-state index in [1.54, 1.807) is 0 Å². The molecule has 1 N–H and O–H groups in total. The van der Waals surface area contributed by atoms with Crippen LogP contribution in [0.3, 0.4) is 0 Å². The first kappa shape index (κ1) is 8.29. The van der Waals surface area contributed by atoms with Crippen molar-refractivity contribution in [2.75, 3.05) is 26.4 Å². The van der Waals surface area contributed by atoms with Gasteiger partial charge in [0.25, 0.3) is 0 Å². The largest absolute Gasteiger partial charge is 0.324 e. The zero-order valence-electron chi connectivity index (χ0n) is 6.76. The van der Waals surface area contributed by atoms with Gasteiger partial charge in [-0.05, 0) is 32.7 Å². The third kappa shape index (κ3) is 2.10. The van der Waals surface area contributed by atoms with Gasteiger partial charge in [0.2, 0.25) is 0 Å². The molecule has 60 valence electrons. The molecule has 1 atom stereocenters. The summed E-state index contributed by atoms with van der Waals surface area (Å²) in [6.45, 7) is 5.86. The number of hydrogen-bond acceptors (Lipinski definition) is 2. The molecule has 1 aliphatic rings. The predicted octanol–water partition coefficient (Wildman–Crippen LogP) is 1.36. The van der Waals surface area contributed by atoms with Crippen LogP contribution in [0.4, 0.5) is 0 Å². The van der Waals surface area contributed by atoms with Gasteiger partial charge in [0, 0.05) is 12.2 Å². The maximum Gasteiger partial charge on any atom is 0.0860 e. The maximum absolute atomic E-state index is 11.5. The first-order valence-corrected chi connectivity index (χ1v) is 6.53. The number of hydrogen-bond donors (Lipinski definition) is 1. The first-order valence-electron chi connectivity index (χ1n) is 3.86. The van der Waals surface area contributed by atoms with Crippen molar-refractivity contribution in [3.05, 3.63) is 0 Å². The molecule has 0 aromatic rings. The lowest BCUT2D eigenvalue weighted by Crippen LogP contribution is -2.33. The Labute approximate surface area is 62.8 Å². The van der Waals surface area contributed by atoms with E-state index in [0.717, 1.165) is 19.5 Å². The Morgan fingerprint density at radius 3 is 2.50 bits per heavy atom. The number of rotatable bonds is 1. The van der Waals surface area contributed by atoms with E-state index in [1.165, 1.54) is 6.42 Å². The highest BCUT2D eigenvalue weighted by atomic mass is 31.2. The van der Waals surface area contributed by atoms with E-state index in [4.69, 9.17) is 0 Å². The van der Waals surface area contributed by atoms with Gasteiger partial charge in [0.1, 0.15) is 0 Å². The molecule has 0 bridgehead atoms. The van der Waals surface area contributed by atoms with Crippen LogP contribution in [0, 0.1) is 0 Å². The van der Waals surface area contributed by atoms with Gasteiger partial charge in [0.05, 0.1) is 7.14 Å². The molecule has 1 fully saturated rings. The van der Waals surface area contributed by atoms with Crippen molar-refractivity contribution >= 4 is 7.14 Å². The summed E-state index contributed by atoms with van der Waals surface area (Å²) in [4.78, 5) is 0. The molecule has 1 aliphatic heterocycles. The molecule has 0 amide bonds. The van der Waals surface area contributed by atoms with Crippen molar-refractivity contribution < 1.29 is 4.57 Å². The van der Waals surface area contributed by atoms with Crippen LogP contribution >= 0.6 is 7.14 Å². The summed E-state index contributed by atoms with van der Waals surface area (Å²) >= 11 is 0. The quantitative estimate of drug-likeness (QED) is 0.588. The van der Waals surface area contributed by atoms with Gasteiger partial charge in [-0.3, -0.25) is 0 Å². The van der Waals surface area contributed by atoms with E-state index >= 15 is 0 Å². The molecule has 0 aromatic heterocycles. The summed E-state index contributed by atoms with van der Waals surface area (Å²) in [6, 6.07) is 0. The Kier molecular flexibility index (Phi) is 2.54. The average Bonchev–Trinajstić information content (AvgIpc) is 1.88. The van der Waals surface area contributed by atoms with Gasteiger partial charge < -0.3 is 9.88 Å². The molecule has 0 spiro atoms. The van der Waals surface area contributed by atoms with E-state index in [2.05, 4.69) is 5.32 Å². The van der Waals surface area contributed by atoms with Crippen LogP contribution in [0.5, 0.6) is 0 Å². The van der Waals surface area contributed by atoms with Crippen molar-refractivity contribution in [1.29, 1.82) is 0 Å². The van der Waals surface area contributed by atoms with Crippen molar-refractivity contribution in [3.8, 4) is 0 Å². The molecule has 1 rings (SSSR count). The van der Waals surface area contributed by atoms with Gasteiger partial charge in [-0.15, -0.1) is 0 Å². The molecule has 1 heterocycles. The summed E-state index contributed by atoms with van der Waals surface area (Å²) in [5, 5.41) is 3.27. The Bertz CT molecular complexity index is 146. The molecular formula is C7H16NOP. The van der Waals surface area contributed by atoms with E-state index in [1.807, 2.05) is 13.3 Å². The summed E-state index contributed by atoms with van der Waals surface area (Å²) < 4.78 is 11.5. The Morgan fingerprint density at radius 2 is 2.20 bits per heavy atom. The van der Waals surface area contributed by atoms with E-state index < -0.39 is 7.14 Å². The predicted molar refractivity (Wildman–Crippen MR) is 45.3 cm³/mol. The molecule has 3 heteroatoms. The Morgan fingerprint density at radius 1 is 1.50 bits per heavy atom. The van der Waals surface area contributed by atoms with Gasteiger partial charge in [0.15, 0.2) is 0 Å². The SMILES string of the molecule is CP(C)(=O)C1CCCNC1. The van der Waals surface area contributed by atoms with E-state index in [0.29, 0.717) is 5.66 Å². The van der Waals surface area contributed by atoms with Crippen molar-refractivity contribution in [2.24, 2.45) is 0 Å². The van der Waals surface area contributed by atoms with Crippen molar-refractivity contribution in [2.45, 2.75) is 18.5 Å². The second-order valence-corrected chi connectivity index (χ2v) is 7.03. The highest BCUT2D eigenvalue weighted by molar-refractivity contribution is 7.63. The fourth-order valence-electron chi connectivity index (χ4n) is 1.36. The lowest BCUT2D eigenvalue weighted by Gasteiger charge is -2.25. The molecule has 0 aliphatic carbocycles. The Balaban J connectivity index is 2.47. The van der Waals surface area contributed by atoms with Crippen LogP contribution in [0.15, 0.2) is 0 Å². The molecule has 1 saturated heterocycles. The molecule has 0 radical (unpaired) electrons. The monoisotopic (exact) mass is 161 g/mol. The minimum Gasteiger partial charge on any atom is -0.324 e. The smallest absolute Gasteiger partial charge is 0.0860 e. The lowest BCUT2D eigenvalue weighted by atomic mass is 10.2. The standard InChI is InChI=1S/C7H16NOP/c1-10(2,9)7-4-3-5-8-6-7/h7-8H,3-6H2,1-2H3. The van der Waals surface area contributed by atoms with Crippen LogP contribution in [-0.2, 0) is 4.57 Å². The number of piperidine rings is 1. The summed E-state index contributed by atoms with van der Waals surface area (Å²) in [6.07, 6.45) is 2.34. The fraction of sp³-hybridized carbons (Fsp3) is 1.00. The third-order valence-electron chi connectivity index (χ3n) is 2.15. The van der Waals surface area contributed by atoms with Crippen LogP contribution < -0.4 is 5.32 Å². The zero-order valence-corrected chi connectivity index (χ0v) is 7.66. The fourth-order valence-corrected chi connectivity index (χ4v) is 2.74. The highest BCUT2D eigenvalue weighted by Crippen LogP contribution is 2.44. The average molecular weight is 161 g/mol. The zero-order chi connectivity index (χ0) is 7.61. The summed E-state index contributed by atoms with van der Waals surface area (Å²) in [5.74, 6) is 0. The van der Waals surface area contributed by atoms with Crippen molar-refractivity contribution in [3.63, 3.8) is 0 Å². The van der Waals surface area contributed by atoms with Gasteiger partial charge in [-0.25, -0.2) is 0 Å². The van der Waals surface area contributed by atoms with E-state index in [-0.39, 0.29) is 0 Å². The van der Waals surface area contributed by atoms with Crippen LogP contribution in [-0.4, -0.2) is 32.1 Å². The molecule has 2 nitrogen and oxygen atoms in total. The molecule has 10 heavy (non-hydrogen) atoms. The topological polar surface area (TPSA) is 29.1 Å². The van der Waals surface area contributed by atoms with Crippen LogP contribution in [0.25, 0.3) is 0 Å². The third-order valence-corrected chi connectivity index (χ3v) is 4.35. The van der Waals surface area contributed by atoms with Crippen LogP contribution in [0.2, 0.25) is 0 Å². The molecule has 1 unspecified atom stereocenters. The highest BCUT2D eigenvalue weighted by Gasteiger charge is 2.24. The molecular weight excluding hydrogens is 145 g/mol. The summed E-state index contributed by atoms with van der Waals surface area (Å²) in [5.41, 5.74) is 0.446. The number of nitrogens with one attached hydrogen (secondary N) is 1. The minimum absolute atomic E-state index is 0.446. The van der Waals surface area contributed by atoms with Gasteiger partial charge in [-0.1, -0.05) is 0 Å². The second kappa shape index (κ2) is 3.06. The van der Waals surface area contributed by atoms with Gasteiger partial charge in [-0.2, -0.15) is 0 Å². The minimum atomic E-state index is -1.80. The van der Waals surface area contributed by atoms with Crippen LogP contribution in [0.1, 0.15) is 12.8 Å². The van der Waals surface area contributed by atoms with Gasteiger partial charge >= 0.3 is 0 Å². The molecule has 0 saturated carbocycles. The lowest BCUT2D eigenvalue weighted by molar-refractivity contribution is 0.500. The Hall–Kier alpha value is 0.190. The normalized spacial score (nSPS) is 28.4. The maximum atomic E-state index is 11.5. The summed E-state index contributed by atoms with van der Waals surface area (Å²) in [7, 11) is -1.80. The first-order chi connectivity index (χ1) is 4.61.